The minimum absolute atomic E-state index is 0.223. The van der Waals surface area contributed by atoms with E-state index in [1.807, 2.05) is 18.7 Å². The molecule has 0 spiro atoms. The van der Waals surface area contributed by atoms with E-state index in [1.165, 1.54) is 0 Å². The molecule has 0 fully saturated rings. The van der Waals surface area contributed by atoms with Gasteiger partial charge in [-0.2, -0.15) is 0 Å². The van der Waals surface area contributed by atoms with Gasteiger partial charge in [0.25, 0.3) is 0 Å². The van der Waals surface area contributed by atoms with Crippen molar-refractivity contribution in [2.24, 2.45) is 0 Å². The maximum Gasteiger partial charge on any atom is 0.320 e. The summed E-state index contributed by atoms with van der Waals surface area (Å²) in [4.78, 5) is 13.1. The average molecular weight is 220 g/mol. The van der Waals surface area contributed by atoms with E-state index in [1.54, 1.807) is 6.92 Å². The predicted molar refractivity (Wildman–Crippen MR) is 58.3 cm³/mol. The van der Waals surface area contributed by atoms with Crippen LogP contribution in [0, 0.1) is 0 Å². The summed E-state index contributed by atoms with van der Waals surface area (Å²) < 4.78 is 4.85. The summed E-state index contributed by atoms with van der Waals surface area (Å²) in [5.74, 6) is -0.223. The Kier molecular flexibility index (Phi) is 6.58. The first-order valence-corrected chi connectivity index (χ1v) is 5.08. The molecule has 0 heterocycles. The molecular weight excluding hydrogens is 202 g/mol. The molecule has 0 N–H and O–H groups in total. The molecule has 0 aliphatic rings. The molecule has 0 aromatic rings. The second kappa shape index (κ2) is 6.85. The van der Waals surface area contributed by atoms with Crippen molar-refractivity contribution in [2.75, 3.05) is 19.7 Å². The van der Waals surface area contributed by atoms with Crippen LogP contribution in [-0.2, 0) is 9.53 Å². The van der Waals surface area contributed by atoms with E-state index in [-0.39, 0.29) is 18.6 Å². The molecule has 4 heteroatoms. The highest BCUT2D eigenvalue weighted by atomic mass is 35.5. The first-order valence-electron chi connectivity index (χ1n) is 4.70. The van der Waals surface area contributed by atoms with Crippen LogP contribution in [-0.4, -0.2) is 36.6 Å². The summed E-state index contributed by atoms with van der Waals surface area (Å²) >= 11 is 5.69. The van der Waals surface area contributed by atoms with Gasteiger partial charge in [0, 0.05) is 17.6 Å². The number of esters is 1. The topological polar surface area (TPSA) is 29.5 Å². The van der Waals surface area contributed by atoms with Gasteiger partial charge >= 0.3 is 5.97 Å². The Morgan fingerprint density at radius 2 is 2.07 bits per heavy atom. The van der Waals surface area contributed by atoms with Crippen molar-refractivity contribution >= 4 is 17.6 Å². The third kappa shape index (κ3) is 6.00. The molecule has 0 radical (unpaired) electrons. The summed E-state index contributed by atoms with van der Waals surface area (Å²) in [5.41, 5.74) is 0. The molecule has 0 aromatic carbocycles. The lowest BCUT2D eigenvalue weighted by atomic mass is 10.3. The van der Waals surface area contributed by atoms with Crippen molar-refractivity contribution in [3.63, 3.8) is 0 Å². The molecule has 0 saturated heterocycles. The molecule has 0 rings (SSSR count). The summed E-state index contributed by atoms with van der Waals surface area (Å²) in [7, 11) is 0. The quantitative estimate of drug-likeness (QED) is 0.641. The highest BCUT2D eigenvalue weighted by Gasteiger charge is 2.14. The van der Waals surface area contributed by atoms with Crippen LogP contribution in [0.4, 0.5) is 0 Å². The monoisotopic (exact) mass is 219 g/mol. The van der Waals surface area contributed by atoms with Crippen LogP contribution in [0.5, 0.6) is 0 Å². The van der Waals surface area contributed by atoms with Crippen LogP contribution in [0.2, 0.25) is 0 Å². The highest BCUT2D eigenvalue weighted by Crippen LogP contribution is 2.05. The average Bonchev–Trinajstić information content (AvgIpc) is 2.02. The molecule has 0 aliphatic heterocycles. The Bertz CT molecular complexity index is 204. The van der Waals surface area contributed by atoms with Crippen molar-refractivity contribution in [2.45, 2.75) is 26.8 Å². The van der Waals surface area contributed by atoms with Gasteiger partial charge in [-0.1, -0.05) is 18.2 Å². The molecule has 0 atom stereocenters. The zero-order valence-electron chi connectivity index (χ0n) is 9.05. The summed E-state index contributed by atoms with van der Waals surface area (Å²) in [6, 6.07) is 0.245. The van der Waals surface area contributed by atoms with Crippen molar-refractivity contribution in [3.05, 3.63) is 11.6 Å². The van der Waals surface area contributed by atoms with E-state index in [2.05, 4.69) is 6.58 Å². The Morgan fingerprint density at radius 3 is 2.43 bits per heavy atom. The Hall–Kier alpha value is -0.540. The van der Waals surface area contributed by atoms with Crippen molar-refractivity contribution in [3.8, 4) is 0 Å². The normalized spacial score (nSPS) is 10.7. The summed E-state index contributed by atoms with van der Waals surface area (Å²) in [6.45, 7) is 10.6. The van der Waals surface area contributed by atoms with Crippen LogP contribution in [0.3, 0.4) is 0 Å². The number of hydrogen-bond donors (Lipinski definition) is 0. The van der Waals surface area contributed by atoms with Crippen molar-refractivity contribution in [1.29, 1.82) is 0 Å². The van der Waals surface area contributed by atoms with Crippen LogP contribution >= 0.6 is 11.6 Å². The number of rotatable bonds is 6. The highest BCUT2D eigenvalue weighted by molar-refractivity contribution is 6.29. The predicted octanol–water partition coefficient (Wildman–Crippen LogP) is 2.01. The molecule has 0 unspecified atom stereocenters. The molecule has 0 saturated carbocycles. The van der Waals surface area contributed by atoms with Gasteiger partial charge < -0.3 is 4.74 Å². The molecule has 14 heavy (non-hydrogen) atoms. The fourth-order valence-corrected chi connectivity index (χ4v) is 1.17. The minimum atomic E-state index is -0.223. The van der Waals surface area contributed by atoms with Gasteiger partial charge in [-0.3, -0.25) is 9.69 Å². The van der Waals surface area contributed by atoms with Crippen LogP contribution in [0.15, 0.2) is 11.6 Å². The van der Waals surface area contributed by atoms with Gasteiger partial charge in [0.2, 0.25) is 0 Å². The lowest BCUT2D eigenvalue weighted by Crippen LogP contribution is -2.37. The first kappa shape index (κ1) is 13.5. The third-order valence-electron chi connectivity index (χ3n) is 1.74. The molecule has 3 nitrogen and oxygen atoms in total. The van der Waals surface area contributed by atoms with Crippen molar-refractivity contribution < 1.29 is 9.53 Å². The number of carbonyl (C=O) groups is 1. The molecule has 0 amide bonds. The van der Waals surface area contributed by atoms with Gasteiger partial charge in [0.05, 0.1) is 13.2 Å². The standard InChI is InChI=1S/C10H18ClNO2/c1-5-14-10(13)7-12(8(2)3)6-9(4)11/h8H,4-7H2,1-3H3. The van der Waals surface area contributed by atoms with E-state index < -0.39 is 0 Å². The largest absolute Gasteiger partial charge is 0.465 e. The Balaban J connectivity index is 4.09. The molecule has 82 valence electrons. The van der Waals surface area contributed by atoms with E-state index >= 15 is 0 Å². The number of hydrogen-bond acceptors (Lipinski definition) is 3. The second-order valence-electron chi connectivity index (χ2n) is 3.32. The molecular formula is C10H18ClNO2. The molecule has 0 bridgehead atoms. The van der Waals surface area contributed by atoms with Gasteiger partial charge in [0.15, 0.2) is 0 Å². The fourth-order valence-electron chi connectivity index (χ4n) is 1.01. The van der Waals surface area contributed by atoms with Crippen molar-refractivity contribution in [1.82, 2.24) is 4.90 Å². The number of carbonyl (C=O) groups excluding carboxylic acids is 1. The third-order valence-corrected chi connectivity index (χ3v) is 1.86. The van der Waals surface area contributed by atoms with E-state index in [9.17, 15) is 4.79 Å². The second-order valence-corrected chi connectivity index (χ2v) is 3.86. The van der Waals surface area contributed by atoms with Gasteiger partial charge in [0.1, 0.15) is 0 Å². The maximum absolute atomic E-state index is 11.2. The van der Waals surface area contributed by atoms with E-state index in [0.717, 1.165) is 0 Å². The lowest BCUT2D eigenvalue weighted by Gasteiger charge is -2.24. The number of nitrogens with zero attached hydrogens (tertiary/aromatic N) is 1. The van der Waals surface area contributed by atoms with Crippen LogP contribution in [0.1, 0.15) is 20.8 Å². The zero-order chi connectivity index (χ0) is 11.1. The van der Waals surface area contributed by atoms with Gasteiger partial charge in [-0.05, 0) is 20.8 Å². The summed E-state index contributed by atoms with van der Waals surface area (Å²) in [5, 5.41) is 0.531. The van der Waals surface area contributed by atoms with Gasteiger partial charge in [-0.15, -0.1) is 0 Å². The van der Waals surface area contributed by atoms with Gasteiger partial charge in [-0.25, -0.2) is 0 Å². The van der Waals surface area contributed by atoms with E-state index in [0.29, 0.717) is 18.2 Å². The lowest BCUT2D eigenvalue weighted by molar-refractivity contribution is -0.144. The Labute approximate surface area is 90.7 Å². The molecule has 0 aromatic heterocycles. The maximum atomic E-state index is 11.2. The molecule has 0 aliphatic carbocycles. The SMILES string of the molecule is C=C(Cl)CN(CC(=O)OCC)C(C)C. The zero-order valence-corrected chi connectivity index (χ0v) is 9.80. The number of halogens is 1. The fraction of sp³-hybridized carbons (Fsp3) is 0.700. The summed E-state index contributed by atoms with van der Waals surface area (Å²) in [6.07, 6.45) is 0. The minimum Gasteiger partial charge on any atom is -0.465 e. The Morgan fingerprint density at radius 1 is 1.50 bits per heavy atom. The van der Waals surface area contributed by atoms with E-state index in [4.69, 9.17) is 16.3 Å². The van der Waals surface area contributed by atoms with Crippen LogP contribution in [0.25, 0.3) is 0 Å². The first-order chi connectivity index (χ1) is 6.47. The van der Waals surface area contributed by atoms with Crippen LogP contribution < -0.4 is 0 Å². The number of ether oxygens (including phenoxy) is 1. The smallest absolute Gasteiger partial charge is 0.320 e.